The Hall–Kier alpha value is -2.58. The molecule has 164 valence electrons. The van der Waals surface area contributed by atoms with Gasteiger partial charge in [-0.05, 0) is 40.5 Å². The summed E-state index contributed by atoms with van der Waals surface area (Å²) in [5.41, 5.74) is 1.34. The van der Waals surface area contributed by atoms with Crippen LogP contribution in [0.3, 0.4) is 0 Å². The number of aromatic nitrogens is 2. The summed E-state index contributed by atoms with van der Waals surface area (Å²) in [5, 5.41) is 14.9. The van der Waals surface area contributed by atoms with Crippen LogP contribution in [0.5, 0.6) is 0 Å². The van der Waals surface area contributed by atoms with Gasteiger partial charge in [0.05, 0.1) is 27.9 Å². The van der Waals surface area contributed by atoms with Crippen LogP contribution in [0, 0.1) is 17.0 Å². The molecule has 0 bridgehead atoms. The van der Waals surface area contributed by atoms with Crippen LogP contribution in [0.1, 0.15) is 11.3 Å². The molecule has 2 aromatic heterocycles. The summed E-state index contributed by atoms with van der Waals surface area (Å²) in [6, 6.07) is 7.32. The van der Waals surface area contributed by atoms with Crippen LogP contribution >= 0.6 is 28.3 Å². The Morgan fingerprint density at radius 2 is 1.93 bits per heavy atom. The Balaban J connectivity index is 0.00000280. The van der Waals surface area contributed by atoms with Gasteiger partial charge in [-0.25, -0.2) is 4.98 Å². The molecule has 0 saturated carbocycles. The number of nitrogens with zero attached hydrogens (tertiary/aromatic N) is 5. The number of hydrazone groups is 1. The molecule has 0 radical (unpaired) electrons. The number of hydrogen-bond donors (Lipinski definition) is 0. The third kappa shape index (κ3) is 5.31. The number of imidazole rings is 1. The molecule has 0 spiro atoms. The number of non-ortho nitro benzene ring substituents is 1. The van der Waals surface area contributed by atoms with Crippen LogP contribution < -0.4 is 0 Å². The molecule has 4 N–H and O–H groups in total. The van der Waals surface area contributed by atoms with Crippen molar-refractivity contribution in [3.8, 4) is 0 Å². The summed E-state index contributed by atoms with van der Waals surface area (Å²) in [7, 11) is -2.78. The van der Waals surface area contributed by atoms with Gasteiger partial charge in [-0.3, -0.25) is 14.5 Å². The van der Waals surface area contributed by atoms with Gasteiger partial charge in [0.15, 0.2) is 0 Å². The average Bonchev–Trinajstić information content (AvgIpc) is 3.01. The van der Waals surface area contributed by atoms with Gasteiger partial charge in [0.2, 0.25) is 0 Å². The van der Waals surface area contributed by atoms with Crippen molar-refractivity contribution < 1.29 is 24.3 Å². The maximum Gasteiger partial charge on any atom is 0.279 e. The number of benzene rings is 1. The van der Waals surface area contributed by atoms with E-state index in [2.05, 4.69) is 26.0 Å². The molecule has 0 fully saturated rings. The fourth-order valence-electron chi connectivity index (χ4n) is 2.39. The molecule has 0 aliphatic rings. The smallest absolute Gasteiger partial charge is 0.279 e. The quantitative estimate of drug-likeness (QED) is 0.280. The maximum atomic E-state index is 12.8. The Bertz CT molecular complexity index is 1180. The van der Waals surface area contributed by atoms with Crippen molar-refractivity contribution in [3.63, 3.8) is 0 Å². The van der Waals surface area contributed by atoms with Crippen LogP contribution in [-0.4, -0.2) is 51.4 Å². The fraction of sp³-hybridized carbons (Fsp3) is 0.125. The Morgan fingerprint density at radius 3 is 2.57 bits per heavy atom. The monoisotopic (exact) mass is 523 g/mol. The fourth-order valence-corrected chi connectivity index (χ4v) is 3.93. The molecule has 0 unspecified atom stereocenters. The minimum atomic E-state index is -4.05. The highest BCUT2D eigenvalue weighted by molar-refractivity contribution is 9.10. The number of pyridine rings is 1. The van der Waals surface area contributed by atoms with E-state index in [0.29, 0.717) is 16.9 Å². The molecule has 30 heavy (non-hydrogen) atoms. The van der Waals surface area contributed by atoms with Gasteiger partial charge in [-0.2, -0.15) is 17.9 Å². The van der Waals surface area contributed by atoms with Gasteiger partial charge in [0, 0.05) is 29.8 Å². The minimum Gasteiger partial charge on any atom is -0.412 e. The number of rotatable bonds is 5. The number of nitro benzene ring substituents is 1. The van der Waals surface area contributed by atoms with Crippen LogP contribution in [0.15, 0.2) is 57.2 Å². The van der Waals surface area contributed by atoms with E-state index in [0.717, 1.165) is 15.0 Å². The number of fused-ring (bicyclic) bond motifs is 1. The van der Waals surface area contributed by atoms with E-state index in [9.17, 15) is 18.5 Å². The number of halogens is 2. The highest BCUT2D eigenvalue weighted by Gasteiger charge is 2.24. The predicted octanol–water partition coefficient (Wildman–Crippen LogP) is 1.74. The average molecular weight is 525 g/mol. The lowest BCUT2D eigenvalue weighted by atomic mass is 10.2. The Labute approximate surface area is 186 Å². The van der Waals surface area contributed by atoms with E-state index in [1.54, 1.807) is 29.8 Å². The first-order valence-electron chi connectivity index (χ1n) is 7.61. The second-order valence-corrected chi connectivity index (χ2v) is 8.48. The van der Waals surface area contributed by atoms with Crippen LogP contribution in [0.2, 0.25) is 0 Å². The predicted molar refractivity (Wildman–Crippen MR) is 118 cm³/mol. The molecule has 0 amide bonds. The lowest BCUT2D eigenvalue weighted by Crippen LogP contribution is -2.23. The van der Waals surface area contributed by atoms with E-state index in [1.807, 2.05) is 6.07 Å². The van der Waals surface area contributed by atoms with E-state index in [4.69, 9.17) is 0 Å². The molecule has 1 aromatic carbocycles. The number of aryl methyl sites for hydroxylation is 1. The maximum absolute atomic E-state index is 12.8. The molecule has 2 heterocycles. The largest absolute Gasteiger partial charge is 0.412 e. The zero-order valence-corrected chi connectivity index (χ0v) is 18.9. The molecule has 0 aliphatic heterocycles. The topological polar surface area (TPSA) is 173 Å². The zero-order chi connectivity index (χ0) is 19.8. The van der Waals surface area contributed by atoms with E-state index >= 15 is 0 Å². The molecule has 14 heteroatoms. The highest BCUT2D eigenvalue weighted by atomic mass is 79.9. The second kappa shape index (κ2) is 10.4. The summed E-state index contributed by atoms with van der Waals surface area (Å²) in [6.07, 6.45) is 4.70. The van der Waals surface area contributed by atoms with Crippen LogP contribution in [0.4, 0.5) is 5.69 Å². The van der Waals surface area contributed by atoms with Gasteiger partial charge in [-0.15, -0.1) is 12.4 Å². The molecule has 0 saturated heterocycles. The summed E-state index contributed by atoms with van der Waals surface area (Å²) >= 11 is 3.37. The number of nitro groups is 1. The first-order valence-corrected chi connectivity index (χ1v) is 9.84. The standard InChI is InChI=1S/C16H14BrN5O4S.ClH.2H2O/c1-11-3-5-13(22(23)24)7-15(11)27(25,26)20(2)19-9-14-8-18-16-6-4-12(17)10-21(14)16;;;/h3-10H,1-2H3;1H;2*1H2/b19-9+;;;. The Kier molecular flexibility index (Phi) is 9.55. The van der Waals surface area contributed by atoms with Crippen LogP contribution in [-0.2, 0) is 10.0 Å². The number of hydrogen-bond acceptors (Lipinski definition) is 6. The van der Waals surface area contributed by atoms with Gasteiger partial charge in [-0.1, -0.05) is 6.07 Å². The van der Waals surface area contributed by atoms with E-state index in [1.165, 1.54) is 25.4 Å². The molecule has 0 atom stereocenters. The molecule has 3 aromatic rings. The lowest BCUT2D eigenvalue weighted by Gasteiger charge is -2.15. The van der Waals surface area contributed by atoms with Crippen molar-refractivity contribution in [2.75, 3.05) is 7.05 Å². The molecular formula is C16H19BrClN5O6S. The molecular weight excluding hydrogens is 506 g/mol. The molecule has 11 nitrogen and oxygen atoms in total. The summed E-state index contributed by atoms with van der Waals surface area (Å²) in [4.78, 5) is 14.3. The summed E-state index contributed by atoms with van der Waals surface area (Å²) < 4.78 is 28.9. The molecule has 3 rings (SSSR count). The van der Waals surface area contributed by atoms with Crippen LogP contribution in [0.25, 0.3) is 5.65 Å². The first kappa shape index (κ1) is 27.4. The van der Waals surface area contributed by atoms with E-state index < -0.39 is 14.9 Å². The molecule has 0 aliphatic carbocycles. The lowest BCUT2D eigenvalue weighted by molar-refractivity contribution is -0.385. The zero-order valence-electron chi connectivity index (χ0n) is 15.7. The normalized spacial score (nSPS) is 10.8. The van der Waals surface area contributed by atoms with Gasteiger partial charge in [0.1, 0.15) is 5.65 Å². The van der Waals surface area contributed by atoms with Gasteiger partial charge >= 0.3 is 0 Å². The van der Waals surface area contributed by atoms with E-state index in [-0.39, 0.29) is 33.9 Å². The van der Waals surface area contributed by atoms with Crippen molar-refractivity contribution in [1.82, 2.24) is 13.8 Å². The summed E-state index contributed by atoms with van der Waals surface area (Å²) in [5.74, 6) is 0. The third-order valence-corrected chi connectivity index (χ3v) is 6.11. The first-order chi connectivity index (χ1) is 12.7. The second-order valence-electron chi connectivity index (χ2n) is 5.65. The van der Waals surface area contributed by atoms with Crippen molar-refractivity contribution in [2.45, 2.75) is 11.8 Å². The third-order valence-electron chi connectivity index (χ3n) is 3.86. The van der Waals surface area contributed by atoms with Crippen molar-refractivity contribution in [2.24, 2.45) is 5.10 Å². The van der Waals surface area contributed by atoms with Crippen molar-refractivity contribution in [1.29, 1.82) is 0 Å². The minimum absolute atomic E-state index is 0. The van der Waals surface area contributed by atoms with Gasteiger partial charge < -0.3 is 11.0 Å². The van der Waals surface area contributed by atoms with Gasteiger partial charge in [0.25, 0.3) is 15.7 Å². The summed E-state index contributed by atoms with van der Waals surface area (Å²) in [6.45, 7) is 1.57. The van der Waals surface area contributed by atoms with Crippen molar-refractivity contribution >= 4 is 55.9 Å². The highest BCUT2D eigenvalue weighted by Crippen LogP contribution is 2.24. The Morgan fingerprint density at radius 1 is 1.27 bits per heavy atom. The number of sulfonamides is 1. The SMILES string of the molecule is Cc1ccc([N+](=O)[O-])cc1S(=O)(=O)N(C)/N=C/c1cnc2ccc(Br)cn12.Cl.O.O. The van der Waals surface area contributed by atoms with Crippen molar-refractivity contribution in [3.05, 3.63) is 68.6 Å².